The third kappa shape index (κ3) is 5.63. The molecule has 168 valence electrons. The number of anilines is 1. The highest BCUT2D eigenvalue weighted by atomic mass is 35.5. The van der Waals surface area contributed by atoms with E-state index in [4.69, 9.17) is 34.8 Å². The third-order valence-corrected chi connectivity index (χ3v) is 5.70. The summed E-state index contributed by atoms with van der Waals surface area (Å²) in [4.78, 5) is 26.7. The number of nitrogens with zero attached hydrogens (tertiary/aromatic N) is 3. The number of aromatic nitrogens is 2. The van der Waals surface area contributed by atoms with Gasteiger partial charge in [0.05, 0.1) is 28.0 Å². The molecule has 2 amide bonds. The third-order valence-electron chi connectivity index (χ3n) is 4.71. The Labute approximate surface area is 202 Å². The number of likely N-dealkylation sites (N-methyl/N-ethyl adjacent to an activating group) is 1. The smallest absolute Gasteiger partial charge is 0.254 e. The standard InChI is InChI=1S/C23H23Cl3N4O2/c1-23(2,3)19-12-20(30(28-19)16-8-6-15(24)7-9-16)27-21(31)13-29(4)22(32)14-5-10-17(25)18(26)11-14/h5-12H,13H2,1-4H3,(H,27,31). The molecule has 0 aliphatic rings. The van der Waals surface area contributed by atoms with Gasteiger partial charge in [-0.2, -0.15) is 5.10 Å². The Hall–Kier alpha value is -2.54. The van der Waals surface area contributed by atoms with Crippen LogP contribution < -0.4 is 5.32 Å². The van der Waals surface area contributed by atoms with Crippen LogP contribution in [-0.4, -0.2) is 40.1 Å². The van der Waals surface area contributed by atoms with Crippen molar-refractivity contribution in [3.8, 4) is 5.69 Å². The highest BCUT2D eigenvalue weighted by Gasteiger charge is 2.22. The van der Waals surface area contributed by atoms with Crippen molar-refractivity contribution in [2.75, 3.05) is 18.9 Å². The van der Waals surface area contributed by atoms with Crippen molar-refractivity contribution in [1.82, 2.24) is 14.7 Å². The molecule has 0 unspecified atom stereocenters. The number of carbonyl (C=O) groups is 2. The van der Waals surface area contributed by atoms with Gasteiger partial charge in [0.25, 0.3) is 5.91 Å². The van der Waals surface area contributed by atoms with Crippen molar-refractivity contribution >= 4 is 52.4 Å². The fraction of sp³-hybridized carbons (Fsp3) is 0.261. The molecule has 0 atom stereocenters. The number of hydrogen-bond donors (Lipinski definition) is 1. The molecule has 1 heterocycles. The van der Waals surface area contributed by atoms with Gasteiger partial charge in [-0.1, -0.05) is 55.6 Å². The Balaban J connectivity index is 1.80. The molecule has 0 saturated heterocycles. The van der Waals surface area contributed by atoms with Gasteiger partial charge in [-0.15, -0.1) is 0 Å². The molecular formula is C23H23Cl3N4O2. The van der Waals surface area contributed by atoms with Gasteiger partial charge in [0.2, 0.25) is 5.91 Å². The zero-order chi connectivity index (χ0) is 23.6. The molecule has 0 bridgehead atoms. The van der Waals surface area contributed by atoms with E-state index >= 15 is 0 Å². The number of carbonyl (C=O) groups excluding carboxylic acids is 2. The molecule has 6 nitrogen and oxygen atoms in total. The summed E-state index contributed by atoms with van der Waals surface area (Å²) in [5.74, 6) is -0.213. The Morgan fingerprint density at radius 2 is 1.66 bits per heavy atom. The minimum Gasteiger partial charge on any atom is -0.332 e. The molecule has 0 radical (unpaired) electrons. The lowest BCUT2D eigenvalue weighted by molar-refractivity contribution is -0.116. The van der Waals surface area contributed by atoms with Gasteiger partial charge < -0.3 is 10.2 Å². The maximum Gasteiger partial charge on any atom is 0.254 e. The molecule has 1 N–H and O–H groups in total. The fourth-order valence-electron chi connectivity index (χ4n) is 2.93. The van der Waals surface area contributed by atoms with Gasteiger partial charge in [0.15, 0.2) is 0 Å². The second-order valence-corrected chi connectivity index (χ2v) is 9.64. The van der Waals surface area contributed by atoms with Gasteiger partial charge in [0.1, 0.15) is 5.82 Å². The lowest BCUT2D eigenvalue weighted by atomic mass is 9.92. The summed E-state index contributed by atoms with van der Waals surface area (Å²) >= 11 is 17.9. The molecule has 3 aromatic rings. The largest absolute Gasteiger partial charge is 0.332 e. The first-order valence-electron chi connectivity index (χ1n) is 9.82. The highest BCUT2D eigenvalue weighted by Crippen LogP contribution is 2.27. The van der Waals surface area contributed by atoms with Gasteiger partial charge in [0, 0.05) is 29.1 Å². The maximum absolute atomic E-state index is 12.8. The zero-order valence-corrected chi connectivity index (χ0v) is 20.4. The SMILES string of the molecule is CN(CC(=O)Nc1cc(C(C)(C)C)nn1-c1ccc(Cl)cc1)C(=O)c1ccc(Cl)c(Cl)c1. The summed E-state index contributed by atoms with van der Waals surface area (Å²) in [6, 6.07) is 13.6. The number of halogens is 3. The van der Waals surface area contributed by atoms with Crippen molar-refractivity contribution in [3.63, 3.8) is 0 Å². The second-order valence-electron chi connectivity index (χ2n) is 8.39. The van der Waals surface area contributed by atoms with Gasteiger partial charge in [-0.3, -0.25) is 9.59 Å². The van der Waals surface area contributed by atoms with E-state index in [0.717, 1.165) is 11.4 Å². The van der Waals surface area contributed by atoms with Crippen LogP contribution in [0.25, 0.3) is 5.69 Å². The Morgan fingerprint density at radius 1 is 1.00 bits per heavy atom. The van der Waals surface area contributed by atoms with Gasteiger partial charge in [-0.05, 0) is 42.5 Å². The van der Waals surface area contributed by atoms with Crippen molar-refractivity contribution in [2.45, 2.75) is 26.2 Å². The van der Waals surface area contributed by atoms with Crippen LogP contribution in [0.15, 0.2) is 48.5 Å². The van der Waals surface area contributed by atoms with Crippen molar-refractivity contribution in [3.05, 3.63) is 74.9 Å². The summed E-state index contributed by atoms with van der Waals surface area (Å²) in [6.07, 6.45) is 0. The van der Waals surface area contributed by atoms with Crippen LogP contribution in [0, 0.1) is 0 Å². The number of rotatable bonds is 5. The molecule has 0 aliphatic heterocycles. The lowest BCUT2D eigenvalue weighted by Crippen LogP contribution is -2.35. The zero-order valence-electron chi connectivity index (χ0n) is 18.1. The van der Waals surface area contributed by atoms with Crippen LogP contribution in [0.2, 0.25) is 15.1 Å². The second kappa shape index (κ2) is 9.53. The summed E-state index contributed by atoms with van der Waals surface area (Å²) < 4.78 is 1.65. The summed E-state index contributed by atoms with van der Waals surface area (Å²) in [5.41, 5.74) is 1.68. The van der Waals surface area contributed by atoms with E-state index in [-0.39, 0.29) is 28.8 Å². The van der Waals surface area contributed by atoms with E-state index in [1.165, 1.54) is 11.0 Å². The molecule has 0 spiro atoms. The monoisotopic (exact) mass is 492 g/mol. The Bertz CT molecular complexity index is 1150. The van der Waals surface area contributed by atoms with Crippen molar-refractivity contribution in [2.24, 2.45) is 0 Å². The van der Waals surface area contributed by atoms with Crippen LogP contribution in [0.4, 0.5) is 5.82 Å². The van der Waals surface area contributed by atoms with Crippen LogP contribution in [0.1, 0.15) is 36.8 Å². The fourth-order valence-corrected chi connectivity index (χ4v) is 3.36. The molecule has 0 fully saturated rings. The predicted octanol–water partition coefficient (Wildman–Crippen LogP) is 5.84. The Kier molecular flexibility index (Phi) is 7.18. The normalized spacial score (nSPS) is 11.3. The first-order valence-corrected chi connectivity index (χ1v) is 11.0. The first-order chi connectivity index (χ1) is 15.0. The molecule has 3 rings (SSSR count). The van der Waals surface area contributed by atoms with Crippen LogP contribution in [0.3, 0.4) is 0 Å². The summed E-state index contributed by atoms with van der Waals surface area (Å²) in [5, 5.41) is 8.76. The summed E-state index contributed by atoms with van der Waals surface area (Å²) in [7, 11) is 1.54. The predicted molar refractivity (Wildman–Crippen MR) is 129 cm³/mol. The van der Waals surface area contributed by atoms with Crippen molar-refractivity contribution in [1.29, 1.82) is 0 Å². The molecule has 2 aromatic carbocycles. The number of benzene rings is 2. The van der Waals surface area contributed by atoms with Crippen LogP contribution in [0.5, 0.6) is 0 Å². The van der Waals surface area contributed by atoms with Crippen molar-refractivity contribution < 1.29 is 9.59 Å². The first kappa shape index (κ1) is 24.1. The van der Waals surface area contributed by atoms with Crippen LogP contribution in [-0.2, 0) is 10.2 Å². The van der Waals surface area contributed by atoms with E-state index in [1.807, 2.05) is 39.0 Å². The van der Waals surface area contributed by atoms with E-state index in [9.17, 15) is 9.59 Å². The molecule has 0 saturated carbocycles. The average Bonchev–Trinajstić information content (AvgIpc) is 3.14. The highest BCUT2D eigenvalue weighted by molar-refractivity contribution is 6.42. The minimum absolute atomic E-state index is 0.157. The number of nitrogens with one attached hydrogen (secondary N) is 1. The minimum atomic E-state index is -0.364. The average molecular weight is 494 g/mol. The van der Waals surface area contributed by atoms with Gasteiger partial charge in [-0.25, -0.2) is 4.68 Å². The van der Waals surface area contributed by atoms with E-state index in [0.29, 0.717) is 21.4 Å². The molecule has 32 heavy (non-hydrogen) atoms. The molecule has 1 aromatic heterocycles. The van der Waals surface area contributed by atoms with E-state index < -0.39 is 0 Å². The Morgan fingerprint density at radius 3 is 2.25 bits per heavy atom. The van der Waals surface area contributed by atoms with Crippen LogP contribution >= 0.6 is 34.8 Å². The van der Waals surface area contributed by atoms with E-state index in [2.05, 4.69) is 10.4 Å². The van der Waals surface area contributed by atoms with Gasteiger partial charge >= 0.3 is 0 Å². The number of amides is 2. The molecule has 9 heteroatoms. The maximum atomic E-state index is 12.8. The topological polar surface area (TPSA) is 67.2 Å². The quantitative estimate of drug-likeness (QED) is 0.485. The lowest BCUT2D eigenvalue weighted by Gasteiger charge is -2.17. The van der Waals surface area contributed by atoms with E-state index in [1.54, 1.807) is 36.0 Å². The molecular weight excluding hydrogens is 471 g/mol. The summed E-state index contributed by atoms with van der Waals surface area (Å²) in [6.45, 7) is 5.96. The number of hydrogen-bond acceptors (Lipinski definition) is 3. The molecule has 0 aliphatic carbocycles.